The highest BCUT2D eigenvalue weighted by Crippen LogP contribution is 2.20. The highest BCUT2D eigenvalue weighted by Gasteiger charge is 2.23. The van der Waals surface area contributed by atoms with Gasteiger partial charge in [-0.05, 0) is 56.0 Å². The number of para-hydroxylation sites is 1. The Morgan fingerprint density at radius 3 is 2.56 bits per heavy atom. The van der Waals surface area contributed by atoms with Crippen LogP contribution in [0.3, 0.4) is 0 Å². The van der Waals surface area contributed by atoms with E-state index in [2.05, 4.69) is 10.6 Å². The van der Waals surface area contributed by atoms with Crippen molar-refractivity contribution < 1.29 is 24.2 Å². The lowest BCUT2D eigenvalue weighted by molar-refractivity contribution is -0.115. The van der Waals surface area contributed by atoms with Crippen molar-refractivity contribution in [3.05, 3.63) is 59.7 Å². The summed E-state index contributed by atoms with van der Waals surface area (Å²) in [5, 5.41) is 14.6. The minimum Gasteiger partial charge on any atom is -0.493 e. The number of carbonyl (C=O) groups is 3. The molecule has 2 aromatic carbocycles. The van der Waals surface area contributed by atoms with Crippen LogP contribution in [0.1, 0.15) is 40.5 Å². The summed E-state index contributed by atoms with van der Waals surface area (Å²) in [6.45, 7) is 3.41. The van der Waals surface area contributed by atoms with Gasteiger partial charge in [0.1, 0.15) is 5.75 Å². The van der Waals surface area contributed by atoms with Gasteiger partial charge in [-0.15, -0.1) is 0 Å². The summed E-state index contributed by atoms with van der Waals surface area (Å²) < 4.78 is 5.45. The van der Waals surface area contributed by atoms with E-state index in [0.717, 1.165) is 12.8 Å². The minimum atomic E-state index is -0.403. The zero-order valence-electron chi connectivity index (χ0n) is 18.2. The molecule has 32 heavy (non-hydrogen) atoms. The van der Waals surface area contributed by atoms with E-state index in [4.69, 9.17) is 4.74 Å². The Morgan fingerprint density at radius 2 is 1.84 bits per heavy atom. The first kappa shape index (κ1) is 23.3. The van der Waals surface area contributed by atoms with Crippen LogP contribution in [0.5, 0.6) is 5.75 Å². The Bertz CT molecular complexity index is 954. The third-order valence-corrected chi connectivity index (χ3v) is 5.39. The number of carbonyl (C=O) groups excluding carboxylic acids is 3. The lowest BCUT2D eigenvalue weighted by Gasteiger charge is -2.31. The number of nitrogens with one attached hydrogen (secondary N) is 2. The molecule has 1 aliphatic rings. The number of anilines is 1. The second-order valence-corrected chi connectivity index (χ2v) is 7.66. The Labute approximate surface area is 187 Å². The van der Waals surface area contributed by atoms with E-state index in [-0.39, 0.29) is 25.0 Å². The molecule has 0 saturated carbocycles. The topological polar surface area (TPSA) is 108 Å². The summed E-state index contributed by atoms with van der Waals surface area (Å²) in [7, 11) is 0. The first-order valence-corrected chi connectivity index (χ1v) is 10.8. The van der Waals surface area contributed by atoms with Gasteiger partial charge in [0.05, 0.1) is 18.7 Å². The predicted octanol–water partition coefficient (Wildman–Crippen LogP) is 2.30. The lowest BCUT2D eigenvalue weighted by Crippen LogP contribution is -2.39. The molecule has 0 spiro atoms. The van der Waals surface area contributed by atoms with E-state index in [1.165, 1.54) is 0 Å². The SMILES string of the molecule is CCOc1ccccc1C(=O)NCC(=O)Nc1cccc(C(=O)N2CCC(CO)CC2)c1. The van der Waals surface area contributed by atoms with Gasteiger partial charge in [0.2, 0.25) is 5.91 Å². The third-order valence-electron chi connectivity index (χ3n) is 5.39. The van der Waals surface area contributed by atoms with Crippen LogP contribution in [0.15, 0.2) is 48.5 Å². The summed E-state index contributed by atoms with van der Waals surface area (Å²) in [5.41, 5.74) is 1.33. The fourth-order valence-corrected chi connectivity index (χ4v) is 3.63. The number of hydrogen-bond donors (Lipinski definition) is 3. The summed E-state index contributed by atoms with van der Waals surface area (Å²) in [6.07, 6.45) is 1.57. The van der Waals surface area contributed by atoms with Gasteiger partial charge in [0, 0.05) is 30.9 Å². The molecule has 0 unspecified atom stereocenters. The molecule has 0 radical (unpaired) electrons. The highest BCUT2D eigenvalue weighted by atomic mass is 16.5. The molecule has 0 atom stereocenters. The molecule has 170 valence electrons. The third kappa shape index (κ3) is 6.07. The molecule has 1 fully saturated rings. The van der Waals surface area contributed by atoms with Crippen LogP contribution < -0.4 is 15.4 Å². The molecule has 3 amide bonds. The maximum absolute atomic E-state index is 12.8. The van der Waals surface area contributed by atoms with E-state index in [1.807, 2.05) is 6.92 Å². The Balaban J connectivity index is 1.55. The second kappa shape index (κ2) is 11.3. The molecule has 3 N–H and O–H groups in total. The lowest BCUT2D eigenvalue weighted by atomic mass is 9.97. The standard InChI is InChI=1S/C24H29N3O5/c1-2-32-21-9-4-3-8-20(21)23(30)25-15-22(29)26-19-7-5-6-18(14-19)24(31)27-12-10-17(16-28)11-13-27/h3-9,14,17,28H,2,10-13,15-16H2,1H3,(H,25,30)(H,26,29). The monoisotopic (exact) mass is 439 g/mol. The largest absolute Gasteiger partial charge is 0.493 e. The van der Waals surface area contributed by atoms with Crippen LogP contribution in [-0.2, 0) is 4.79 Å². The Kier molecular flexibility index (Phi) is 8.21. The summed E-state index contributed by atoms with van der Waals surface area (Å²) in [6, 6.07) is 13.6. The smallest absolute Gasteiger partial charge is 0.255 e. The van der Waals surface area contributed by atoms with Crippen molar-refractivity contribution in [2.45, 2.75) is 19.8 Å². The van der Waals surface area contributed by atoms with Crippen molar-refractivity contribution in [1.82, 2.24) is 10.2 Å². The van der Waals surface area contributed by atoms with Crippen LogP contribution in [-0.4, -0.2) is 60.6 Å². The molecule has 1 saturated heterocycles. The average molecular weight is 440 g/mol. The number of benzene rings is 2. The Morgan fingerprint density at radius 1 is 1.09 bits per heavy atom. The summed E-state index contributed by atoms with van der Waals surface area (Å²) in [4.78, 5) is 39.3. The van der Waals surface area contributed by atoms with Crippen molar-refractivity contribution >= 4 is 23.4 Å². The maximum Gasteiger partial charge on any atom is 0.255 e. The number of piperidine rings is 1. The molecule has 3 rings (SSSR count). The molecule has 8 heteroatoms. The number of nitrogens with zero attached hydrogens (tertiary/aromatic N) is 1. The van der Waals surface area contributed by atoms with Gasteiger partial charge in [-0.2, -0.15) is 0 Å². The van der Waals surface area contributed by atoms with E-state index in [0.29, 0.717) is 42.3 Å². The summed E-state index contributed by atoms with van der Waals surface area (Å²) >= 11 is 0. The van der Waals surface area contributed by atoms with Gasteiger partial charge < -0.3 is 25.4 Å². The predicted molar refractivity (Wildman–Crippen MR) is 121 cm³/mol. The molecule has 2 aromatic rings. The van der Waals surface area contributed by atoms with Crippen LogP contribution >= 0.6 is 0 Å². The average Bonchev–Trinajstić information content (AvgIpc) is 2.83. The number of aliphatic hydroxyl groups is 1. The molecule has 1 aliphatic heterocycles. The van der Waals surface area contributed by atoms with Crippen LogP contribution in [0.4, 0.5) is 5.69 Å². The molecule has 0 bridgehead atoms. The zero-order valence-corrected chi connectivity index (χ0v) is 18.2. The molecule has 0 aliphatic carbocycles. The van der Waals surface area contributed by atoms with Crippen molar-refractivity contribution in [3.8, 4) is 5.75 Å². The number of amides is 3. The molecule has 1 heterocycles. The quantitative estimate of drug-likeness (QED) is 0.585. The number of aliphatic hydroxyl groups excluding tert-OH is 1. The number of hydrogen-bond acceptors (Lipinski definition) is 5. The minimum absolute atomic E-state index is 0.0988. The number of rotatable bonds is 8. The van der Waals surface area contributed by atoms with Crippen LogP contribution in [0.25, 0.3) is 0 Å². The second-order valence-electron chi connectivity index (χ2n) is 7.66. The van der Waals surface area contributed by atoms with Gasteiger partial charge in [-0.3, -0.25) is 14.4 Å². The highest BCUT2D eigenvalue weighted by molar-refractivity contribution is 6.01. The van der Waals surface area contributed by atoms with E-state index >= 15 is 0 Å². The van der Waals surface area contributed by atoms with Crippen molar-refractivity contribution in [1.29, 1.82) is 0 Å². The molecular weight excluding hydrogens is 410 g/mol. The fraction of sp³-hybridized carbons (Fsp3) is 0.375. The molecular formula is C24H29N3O5. The fourth-order valence-electron chi connectivity index (χ4n) is 3.63. The van der Waals surface area contributed by atoms with Gasteiger partial charge in [0.15, 0.2) is 0 Å². The van der Waals surface area contributed by atoms with Gasteiger partial charge in [0.25, 0.3) is 11.8 Å². The Hall–Kier alpha value is -3.39. The first-order chi connectivity index (χ1) is 15.5. The normalized spacial score (nSPS) is 14.0. The van der Waals surface area contributed by atoms with Gasteiger partial charge in [-0.1, -0.05) is 18.2 Å². The number of ether oxygens (including phenoxy) is 1. The van der Waals surface area contributed by atoms with E-state index < -0.39 is 11.8 Å². The van der Waals surface area contributed by atoms with Crippen molar-refractivity contribution in [2.24, 2.45) is 5.92 Å². The van der Waals surface area contributed by atoms with Crippen molar-refractivity contribution in [3.63, 3.8) is 0 Å². The van der Waals surface area contributed by atoms with Crippen LogP contribution in [0.2, 0.25) is 0 Å². The van der Waals surface area contributed by atoms with Gasteiger partial charge >= 0.3 is 0 Å². The van der Waals surface area contributed by atoms with E-state index in [9.17, 15) is 19.5 Å². The van der Waals surface area contributed by atoms with Gasteiger partial charge in [-0.25, -0.2) is 0 Å². The molecule has 8 nitrogen and oxygen atoms in total. The molecule has 0 aromatic heterocycles. The number of likely N-dealkylation sites (tertiary alicyclic amines) is 1. The van der Waals surface area contributed by atoms with Crippen molar-refractivity contribution in [2.75, 3.05) is 38.2 Å². The first-order valence-electron chi connectivity index (χ1n) is 10.8. The van der Waals surface area contributed by atoms with Crippen LogP contribution in [0, 0.1) is 5.92 Å². The zero-order chi connectivity index (χ0) is 22.9. The van der Waals surface area contributed by atoms with E-state index in [1.54, 1.807) is 53.4 Å². The maximum atomic E-state index is 12.8. The summed E-state index contributed by atoms with van der Waals surface area (Å²) in [5.74, 6) is -0.194.